The van der Waals surface area contributed by atoms with Crippen molar-refractivity contribution in [3.63, 3.8) is 0 Å². The van der Waals surface area contributed by atoms with Crippen LogP contribution in [0.4, 0.5) is 8.78 Å². The lowest BCUT2D eigenvalue weighted by molar-refractivity contribution is 0.0813. The molecule has 0 amide bonds. The van der Waals surface area contributed by atoms with E-state index >= 15 is 4.39 Å². The van der Waals surface area contributed by atoms with Gasteiger partial charge in [-0.2, -0.15) is 5.10 Å². The molecule has 2 aromatic carbocycles. The van der Waals surface area contributed by atoms with Crippen molar-refractivity contribution in [1.82, 2.24) is 14.3 Å². The van der Waals surface area contributed by atoms with E-state index in [9.17, 15) is 4.39 Å². The van der Waals surface area contributed by atoms with E-state index in [1.165, 1.54) is 12.1 Å². The Balaban J connectivity index is 1.64. The van der Waals surface area contributed by atoms with Gasteiger partial charge >= 0.3 is 0 Å². The van der Waals surface area contributed by atoms with Gasteiger partial charge in [-0.1, -0.05) is 19.6 Å². The minimum atomic E-state index is -1.21. The first-order chi connectivity index (χ1) is 16.7. The Kier molecular flexibility index (Phi) is 7.04. The van der Waals surface area contributed by atoms with Crippen LogP contribution in [-0.2, 0) is 16.2 Å². The third kappa shape index (κ3) is 4.92. The van der Waals surface area contributed by atoms with E-state index in [1.54, 1.807) is 23.0 Å². The first kappa shape index (κ1) is 24.9. The monoisotopic (exact) mass is 609 g/mol. The van der Waals surface area contributed by atoms with Crippen LogP contribution < -0.4 is 0 Å². The van der Waals surface area contributed by atoms with Crippen molar-refractivity contribution in [3.8, 4) is 5.69 Å². The average molecular weight is 610 g/mol. The highest BCUT2D eigenvalue weighted by Gasteiger charge is 2.29. The summed E-state index contributed by atoms with van der Waals surface area (Å²) in [6.45, 7) is 9.14. The predicted molar refractivity (Wildman–Crippen MR) is 146 cm³/mol. The lowest BCUT2D eigenvalue weighted by Crippen LogP contribution is -2.22. The Bertz CT molecular complexity index is 1360. The van der Waals surface area contributed by atoms with Crippen LogP contribution in [0.3, 0.4) is 0 Å². The SMILES string of the molecule is C[Si](C)(C)CCOCn1ncc2cc3c(c(I)c(C4CCOCC4)n3-c3ccc(F)cc3)c(F)c21. The fourth-order valence-corrected chi connectivity index (χ4v) is 6.72. The van der Waals surface area contributed by atoms with Gasteiger partial charge in [0.05, 0.1) is 17.1 Å². The lowest BCUT2D eigenvalue weighted by atomic mass is 9.96. The van der Waals surface area contributed by atoms with Gasteiger partial charge in [0, 0.05) is 54.2 Å². The third-order valence-corrected chi connectivity index (χ3v) is 9.47. The quantitative estimate of drug-likeness (QED) is 0.128. The van der Waals surface area contributed by atoms with Crippen molar-refractivity contribution in [2.45, 2.75) is 51.2 Å². The molecule has 0 N–H and O–H groups in total. The minimum Gasteiger partial charge on any atom is -0.381 e. The van der Waals surface area contributed by atoms with E-state index in [0.717, 1.165) is 44.7 Å². The lowest BCUT2D eigenvalue weighted by Gasteiger charge is -2.24. The van der Waals surface area contributed by atoms with Crippen LogP contribution in [0.2, 0.25) is 25.7 Å². The molecule has 0 radical (unpaired) electrons. The average Bonchev–Trinajstić information content (AvgIpc) is 3.36. The second-order valence-electron chi connectivity index (χ2n) is 10.4. The Morgan fingerprint density at radius 3 is 2.54 bits per heavy atom. The summed E-state index contributed by atoms with van der Waals surface area (Å²) in [7, 11) is -1.21. The number of hydrogen-bond donors (Lipinski definition) is 0. The van der Waals surface area contributed by atoms with Crippen molar-refractivity contribution in [2.24, 2.45) is 0 Å². The maximum atomic E-state index is 16.2. The molecule has 0 spiro atoms. The summed E-state index contributed by atoms with van der Waals surface area (Å²) in [5.74, 6) is -0.351. The van der Waals surface area contributed by atoms with Crippen molar-refractivity contribution in [3.05, 3.63) is 57.4 Å². The van der Waals surface area contributed by atoms with Gasteiger partial charge in [0.15, 0.2) is 5.82 Å². The highest BCUT2D eigenvalue weighted by molar-refractivity contribution is 14.1. The molecule has 186 valence electrons. The van der Waals surface area contributed by atoms with Crippen LogP contribution in [0.1, 0.15) is 24.5 Å². The van der Waals surface area contributed by atoms with Crippen molar-refractivity contribution < 1.29 is 18.3 Å². The number of rotatable bonds is 7. The number of benzene rings is 2. The van der Waals surface area contributed by atoms with E-state index in [4.69, 9.17) is 9.47 Å². The molecule has 0 atom stereocenters. The Hall–Kier alpha value is -1.82. The van der Waals surface area contributed by atoms with E-state index in [-0.39, 0.29) is 24.3 Å². The number of aromatic nitrogens is 3. The number of halogens is 3. The van der Waals surface area contributed by atoms with Gasteiger partial charge in [-0.15, -0.1) is 0 Å². The molecule has 35 heavy (non-hydrogen) atoms. The second-order valence-corrected chi connectivity index (χ2v) is 17.1. The molecular formula is C26H30F2IN3O2Si. The summed E-state index contributed by atoms with van der Waals surface area (Å²) in [6.07, 6.45) is 3.43. The predicted octanol–water partition coefficient (Wildman–Crippen LogP) is 7.07. The molecule has 0 saturated carbocycles. The summed E-state index contributed by atoms with van der Waals surface area (Å²) in [4.78, 5) is 0. The van der Waals surface area contributed by atoms with E-state index in [2.05, 4.69) is 51.9 Å². The molecule has 4 aromatic rings. The largest absolute Gasteiger partial charge is 0.381 e. The molecular weight excluding hydrogens is 579 g/mol. The zero-order valence-corrected chi connectivity index (χ0v) is 23.4. The Morgan fingerprint density at radius 2 is 1.86 bits per heavy atom. The zero-order valence-electron chi connectivity index (χ0n) is 20.3. The first-order valence-electron chi connectivity index (χ1n) is 12.0. The second kappa shape index (κ2) is 9.91. The highest BCUT2D eigenvalue weighted by Crippen LogP contribution is 2.41. The molecule has 0 bridgehead atoms. The molecule has 5 rings (SSSR count). The smallest absolute Gasteiger partial charge is 0.159 e. The first-order valence-corrected chi connectivity index (χ1v) is 16.8. The van der Waals surface area contributed by atoms with Crippen LogP contribution in [0.15, 0.2) is 36.5 Å². The van der Waals surface area contributed by atoms with Gasteiger partial charge in [0.1, 0.15) is 18.1 Å². The van der Waals surface area contributed by atoms with Crippen molar-refractivity contribution in [2.75, 3.05) is 19.8 Å². The fourth-order valence-electron chi connectivity index (χ4n) is 4.77. The summed E-state index contributed by atoms with van der Waals surface area (Å²) < 4.78 is 46.1. The van der Waals surface area contributed by atoms with E-state index in [0.29, 0.717) is 30.7 Å². The fraction of sp³-hybridized carbons (Fsp3) is 0.423. The summed E-state index contributed by atoms with van der Waals surface area (Å²) in [5, 5.41) is 5.73. The number of ether oxygens (including phenoxy) is 2. The summed E-state index contributed by atoms with van der Waals surface area (Å²) in [5.41, 5.74) is 3.11. The highest BCUT2D eigenvalue weighted by atomic mass is 127. The zero-order chi connectivity index (χ0) is 24.7. The molecule has 0 unspecified atom stereocenters. The van der Waals surface area contributed by atoms with Crippen LogP contribution in [0.25, 0.3) is 27.5 Å². The molecule has 5 nitrogen and oxygen atoms in total. The van der Waals surface area contributed by atoms with Crippen LogP contribution >= 0.6 is 22.6 Å². The van der Waals surface area contributed by atoms with Crippen LogP contribution in [-0.4, -0.2) is 42.2 Å². The minimum absolute atomic E-state index is 0.221. The van der Waals surface area contributed by atoms with Crippen molar-refractivity contribution in [1.29, 1.82) is 0 Å². The molecule has 1 aliphatic rings. The number of hydrogen-bond acceptors (Lipinski definition) is 3. The maximum absolute atomic E-state index is 16.2. The normalized spacial score (nSPS) is 15.5. The molecule has 3 heterocycles. The van der Waals surface area contributed by atoms with Gasteiger partial charge in [-0.25, -0.2) is 13.5 Å². The summed E-state index contributed by atoms with van der Waals surface area (Å²) in [6, 6.07) is 9.45. The molecule has 1 saturated heterocycles. The van der Waals surface area contributed by atoms with Crippen LogP contribution in [0.5, 0.6) is 0 Å². The van der Waals surface area contributed by atoms with Crippen LogP contribution in [0, 0.1) is 15.2 Å². The van der Waals surface area contributed by atoms with E-state index in [1.807, 2.05) is 6.07 Å². The topological polar surface area (TPSA) is 41.2 Å². The Morgan fingerprint density at radius 1 is 1.14 bits per heavy atom. The molecule has 2 aromatic heterocycles. The van der Waals surface area contributed by atoms with Gasteiger partial charge in [-0.05, 0) is 71.8 Å². The Labute approximate surface area is 218 Å². The van der Waals surface area contributed by atoms with Gasteiger partial charge in [0.2, 0.25) is 0 Å². The van der Waals surface area contributed by atoms with Gasteiger partial charge in [-0.3, -0.25) is 0 Å². The van der Waals surface area contributed by atoms with Crippen molar-refractivity contribution >= 4 is 52.5 Å². The summed E-state index contributed by atoms with van der Waals surface area (Å²) >= 11 is 2.27. The molecule has 0 aliphatic carbocycles. The maximum Gasteiger partial charge on any atom is 0.159 e. The molecule has 9 heteroatoms. The molecule has 1 fully saturated rings. The van der Waals surface area contributed by atoms with Gasteiger partial charge < -0.3 is 14.0 Å². The number of nitrogens with zero attached hydrogens (tertiary/aromatic N) is 3. The van der Waals surface area contributed by atoms with E-state index < -0.39 is 8.07 Å². The van der Waals surface area contributed by atoms with Gasteiger partial charge in [0.25, 0.3) is 0 Å². The molecule has 1 aliphatic heterocycles. The standard InChI is InChI=1S/C26H30F2IN3O2Si/c1-35(2,3)13-12-34-16-31-25-18(15-30-31)14-21-22(23(25)28)24(29)26(17-8-10-33-11-9-17)32(21)20-6-4-19(27)5-7-20/h4-7,14-15,17H,8-13,16H2,1-3H3. The third-order valence-electron chi connectivity index (χ3n) is 6.67. The number of fused-ring (bicyclic) bond motifs is 2.